The van der Waals surface area contributed by atoms with Crippen molar-refractivity contribution in [1.82, 2.24) is 15.0 Å². The van der Waals surface area contributed by atoms with E-state index in [0.29, 0.717) is 22.0 Å². The molecular weight excluding hydrogens is 459 g/mol. The molecule has 1 aromatic carbocycles. The molecule has 0 bridgehead atoms. The van der Waals surface area contributed by atoms with Crippen molar-refractivity contribution in [2.45, 2.75) is 39.2 Å². The van der Waals surface area contributed by atoms with Gasteiger partial charge >= 0.3 is 0 Å². The van der Waals surface area contributed by atoms with Crippen molar-refractivity contribution in [3.8, 4) is 17.0 Å². The maximum atomic E-state index is 10.1. The molecule has 8 heteroatoms. The number of rotatable bonds is 4. The van der Waals surface area contributed by atoms with Crippen LogP contribution in [0.5, 0.6) is 5.75 Å². The number of anilines is 1. The van der Waals surface area contributed by atoms with E-state index in [1.165, 1.54) is 11.1 Å². The fourth-order valence-corrected chi connectivity index (χ4v) is 5.60. The van der Waals surface area contributed by atoms with E-state index < -0.39 is 0 Å². The minimum atomic E-state index is -0.196. The largest absolute Gasteiger partial charge is 0.497 e. The molecule has 0 saturated carbocycles. The van der Waals surface area contributed by atoms with Gasteiger partial charge in [-0.15, -0.1) is 0 Å². The van der Waals surface area contributed by atoms with Crippen LogP contribution in [0.15, 0.2) is 30.5 Å². The third-order valence-corrected chi connectivity index (χ3v) is 7.81. The van der Waals surface area contributed by atoms with E-state index in [1.54, 1.807) is 19.4 Å². The Morgan fingerprint density at radius 2 is 1.85 bits per heavy atom. The van der Waals surface area contributed by atoms with Crippen LogP contribution < -0.4 is 9.64 Å². The number of ether oxygens (including phenoxy) is 1. The molecule has 1 aliphatic carbocycles. The number of benzene rings is 1. The second kappa shape index (κ2) is 8.75. The number of aliphatic hydroxyl groups excluding tert-OH is 1. The lowest BCUT2D eigenvalue weighted by Gasteiger charge is -2.40. The molecule has 0 amide bonds. The van der Waals surface area contributed by atoms with E-state index in [1.807, 2.05) is 6.92 Å². The van der Waals surface area contributed by atoms with E-state index >= 15 is 0 Å². The quantitative estimate of drug-likeness (QED) is 0.523. The van der Waals surface area contributed by atoms with Gasteiger partial charge in [0.2, 0.25) is 0 Å². The Kier molecular flexibility index (Phi) is 5.93. The Balaban J connectivity index is 1.38. The van der Waals surface area contributed by atoms with Crippen LogP contribution in [0.1, 0.15) is 35.4 Å². The molecule has 1 aliphatic heterocycles. The summed E-state index contributed by atoms with van der Waals surface area (Å²) in [5, 5.41) is 10.7. The third-order valence-electron chi connectivity index (χ3n) is 7.04. The summed E-state index contributed by atoms with van der Waals surface area (Å²) in [5.74, 6) is 1.68. The number of aliphatic hydroxyl groups is 1. The molecule has 3 heterocycles. The highest BCUT2D eigenvalue weighted by Crippen LogP contribution is 2.46. The second-order valence-corrected chi connectivity index (χ2v) is 9.76. The van der Waals surface area contributed by atoms with Gasteiger partial charge in [-0.3, -0.25) is 0 Å². The lowest BCUT2D eigenvalue weighted by Crippen LogP contribution is -2.41. The molecule has 5 rings (SSSR count). The van der Waals surface area contributed by atoms with Crippen molar-refractivity contribution in [3.63, 3.8) is 0 Å². The van der Waals surface area contributed by atoms with Crippen molar-refractivity contribution < 1.29 is 9.84 Å². The van der Waals surface area contributed by atoms with Crippen LogP contribution in [-0.4, -0.2) is 40.3 Å². The van der Waals surface area contributed by atoms with Crippen LogP contribution in [0.3, 0.4) is 0 Å². The Hall–Kier alpha value is -2.41. The van der Waals surface area contributed by atoms with Crippen LogP contribution in [0.2, 0.25) is 10.2 Å². The van der Waals surface area contributed by atoms with Gasteiger partial charge in [-0.25, -0.2) is 15.0 Å². The van der Waals surface area contributed by atoms with E-state index in [2.05, 4.69) is 28.1 Å². The van der Waals surface area contributed by atoms with Gasteiger partial charge in [-0.05, 0) is 67.3 Å². The highest BCUT2D eigenvalue weighted by molar-refractivity contribution is 6.42. The number of fused-ring (bicyclic) bond motifs is 1. The van der Waals surface area contributed by atoms with Gasteiger partial charge in [0.15, 0.2) is 5.82 Å². The van der Waals surface area contributed by atoms with Gasteiger partial charge in [0.1, 0.15) is 16.6 Å². The number of nitrogens with zero attached hydrogens (tertiary/aromatic N) is 4. The molecule has 0 unspecified atom stereocenters. The number of aryl methyl sites for hydroxylation is 1. The molecule has 33 heavy (non-hydrogen) atoms. The Labute approximate surface area is 203 Å². The predicted molar refractivity (Wildman–Crippen MR) is 130 cm³/mol. The average Bonchev–Trinajstić information content (AvgIpc) is 3.18. The van der Waals surface area contributed by atoms with Crippen molar-refractivity contribution >= 4 is 29.0 Å². The van der Waals surface area contributed by atoms with Gasteiger partial charge in [0.25, 0.3) is 0 Å². The number of hydrogen-bond acceptors (Lipinski definition) is 6. The fraction of sp³-hybridized carbons (Fsp3) is 0.400. The normalized spacial score (nSPS) is 16.8. The van der Waals surface area contributed by atoms with E-state index in [4.69, 9.17) is 37.9 Å². The third kappa shape index (κ3) is 4.05. The maximum absolute atomic E-state index is 10.1. The second-order valence-electron chi connectivity index (χ2n) is 9.02. The van der Waals surface area contributed by atoms with Crippen molar-refractivity contribution in [2.24, 2.45) is 5.41 Å². The summed E-state index contributed by atoms with van der Waals surface area (Å²) in [6, 6.07) is 8.22. The summed E-state index contributed by atoms with van der Waals surface area (Å²) >= 11 is 12.5. The van der Waals surface area contributed by atoms with Crippen LogP contribution in [0.4, 0.5) is 5.82 Å². The first kappa shape index (κ1) is 22.4. The monoisotopic (exact) mass is 484 g/mol. The number of hydrogen-bond donors (Lipinski definition) is 1. The Bertz CT molecular complexity index is 1210. The zero-order chi connectivity index (χ0) is 23.2. The number of methoxy groups -OCH3 is 1. The van der Waals surface area contributed by atoms with Crippen molar-refractivity contribution in [2.75, 3.05) is 25.1 Å². The van der Waals surface area contributed by atoms with Gasteiger partial charge in [-0.1, -0.05) is 29.3 Å². The first-order valence-corrected chi connectivity index (χ1v) is 11.9. The van der Waals surface area contributed by atoms with Gasteiger partial charge in [0.05, 0.1) is 30.1 Å². The Morgan fingerprint density at radius 3 is 2.58 bits per heavy atom. The SMILES string of the molecule is COc1ccc2c(c1)CC1(CCN(c3nc(C)c(-c4ccnc(Cl)c4Cl)nc3CO)CC1)C2. The summed E-state index contributed by atoms with van der Waals surface area (Å²) in [4.78, 5) is 15.9. The first-order valence-electron chi connectivity index (χ1n) is 11.1. The van der Waals surface area contributed by atoms with Crippen LogP contribution >= 0.6 is 23.2 Å². The number of piperidine rings is 1. The van der Waals surface area contributed by atoms with E-state index in [9.17, 15) is 5.11 Å². The first-order chi connectivity index (χ1) is 15.9. The molecule has 0 radical (unpaired) electrons. The molecule has 2 aliphatic rings. The number of aromatic nitrogens is 3. The van der Waals surface area contributed by atoms with Crippen LogP contribution in [0, 0.1) is 12.3 Å². The lowest BCUT2D eigenvalue weighted by atomic mass is 9.76. The topological polar surface area (TPSA) is 71.4 Å². The minimum Gasteiger partial charge on any atom is -0.497 e. The van der Waals surface area contributed by atoms with Crippen molar-refractivity contribution in [3.05, 3.63) is 63.2 Å². The Morgan fingerprint density at radius 1 is 1.09 bits per heavy atom. The fourth-order valence-electron chi connectivity index (χ4n) is 5.24. The lowest BCUT2D eigenvalue weighted by molar-refractivity contribution is 0.230. The van der Waals surface area contributed by atoms with Crippen LogP contribution in [-0.2, 0) is 19.4 Å². The predicted octanol–water partition coefficient (Wildman–Crippen LogP) is 5.04. The molecule has 1 fully saturated rings. The maximum Gasteiger partial charge on any atom is 0.153 e. The molecule has 1 N–H and O–H groups in total. The standard InChI is InChI=1S/C25H26Cl2N4O2/c1-15-22(19-5-8-28-23(27)21(19)26)30-20(14-32)24(29-15)31-9-6-25(7-10-31)12-16-3-4-18(33-2)11-17(16)13-25/h3-5,8,11,32H,6-7,9-10,12-14H2,1-2H3. The molecule has 172 valence electrons. The zero-order valence-corrected chi connectivity index (χ0v) is 20.2. The molecule has 2 aromatic heterocycles. The number of halogens is 2. The van der Waals surface area contributed by atoms with E-state index in [-0.39, 0.29) is 17.2 Å². The molecule has 1 saturated heterocycles. The zero-order valence-electron chi connectivity index (χ0n) is 18.7. The summed E-state index contributed by atoms with van der Waals surface area (Å²) < 4.78 is 5.42. The summed E-state index contributed by atoms with van der Waals surface area (Å²) in [7, 11) is 1.72. The van der Waals surface area contributed by atoms with Gasteiger partial charge < -0.3 is 14.7 Å². The average molecular weight is 485 g/mol. The number of pyridine rings is 1. The van der Waals surface area contributed by atoms with E-state index in [0.717, 1.165) is 56.0 Å². The summed E-state index contributed by atoms with van der Waals surface area (Å²) in [5.41, 5.74) is 5.71. The minimum absolute atomic E-state index is 0.196. The molecule has 6 nitrogen and oxygen atoms in total. The summed E-state index contributed by atoms with van der Waals surface area (Å²) in [6.07, 6.45) is 5.94. The molecular formula is C25H26Cl2N4O2. The molecule has 3 aromatic rings. The molecule has 0 atom stereocenters. The van der Waals surface area contributed by atoms with Crippen molar-refractivity contribution in [1.29, 1.82) is 0 Å². The smallest absolute Gasteiger partial charge is 0.153 e. The van der Waals surface area contributed by atoms with Crippen LogP contribution in [0.25, 0.3) is 11.3 Å². The van der Waals surface area contributed by atoms with Gasteiger partial charge in [0, 0.05) is 24.8 Å². The molecule has 1 spiro atoms. The highest BCUT2D eigenvalue weighted by atomic mass is 35.5. The summed E-state index contributed by atoms with van der Waals surface area (Å²) in [6.45, 7) is 3.48. The highest BCUT2D eigenvalue weighted by Gasteiger charge is 2.40. The van der Waals surface area contributed by atoms with Gasteiger partial charge in [-0.2, -0.15) is 0 Å².